The molecule has 1 aromatic heterocycles. The van der Waals surface area contributed by atoms with Crippen molar-refractivity contribution in [2.45, 2.75) is 18.9 Å². The number of nitrogens with zero attached hydrogens (tertiary/aromatic N) is 3. The lowest BCUT2D eigenvalue weighted by atomic mass is 10.1. The van der Waals surface area contributed by atoms with Gasteiger partial charge in [-0.1, -0.05) is 0 Å². The maximum absolute atomic E-state index is 13.8. The molecule has 0 spiro atoms. The Bertz CT molecular complexity index is 639. The SMILES string of the molecule is NC1CCN(c2nccc(-c3ccc(F)cc3F)n2)CC1. The van der Waals surface area contributed by atoms with Crippen molar-refractivity contribution in [2.24, 2.45) is 5.73 Å². The Balaban J connectivity index is 1.89. The van der Waals surface area contributed by atoms with Gasteiger partial charge in [0.05, 0.1) is 5.69 Å². The monoisotopic (exact) mass is 290 g/mol. The zero-order valence-corrected chi connectivity index (χ0v) is 11.5. The molecule has 21 heavy (non-hydrogen) atoms. The van der Waals surface area contributed by atoms with E-state index in [1.165, 1.54) is 12.1 Å². The standard InChI is InChI=1S/C15H16F2N4/c16-10-1-2-12(13(17)9-10)14-3-6-19-15(20-14)21-7-4-11(18)5-8-21/h1-3,6,9,11H,4-5,7-8,18H2. The van der Waals surface area contributed by atoms with Gasteiger partial charge < -0.3 is 10.6 Å². The molecule has 0 saturated carbocycles. The van der Waals surface area contributed by atoms with Crippen molar-refractivity contribution in [1.82, 2.24) is 9.97 Å². The van der Waals surface area contributed by atoms with Gasteiger partial charge in [0.25, 0.3) is 0 Å². The van der Waals surface area contributed by atoms with Crippen LogP contribution in [0.2, 0.25) is 0 Å². The van der Waals surface area contributed by atoms with Gasteiger partial charge in [-0.25, -0.2) is 18.7 Å². The van der Waals surface area contributed by atoms with E-state index in [2.05, 4.69) is 9.97 Å². The molecule has 0 bridgehead atoms. The van der Waals surface area contributed by atoms with Crippen LogP contribution in [0.1, 0.15) is 12.8 Å². The highest BCUT2D eigenvalue weighted by atomic mass is 19.1. The lowest BCUT2D eigenvalue weighted by Crippen LogP contribution is -2.40. The average molecular weight is 290 g/mol. The predicted octanol–water partition coefficient (Wildman–Crippen LogP) is 2.35. The Kier molecular flexibility index (Phi) is 3.79. The van der Waals surface area contributed by atoms with Gasteiger partial charge in [-0.15, -0.1) is 0 Å². The minimum Gasteiger partial charge on any atom is -0.341 e. The van der Waals surface area contributed by atoms with Crippen LogP contribution in [-0.2, 0) is 0 Å². The molecule has 0 amide bonds. The Labute approximate surface area is 121 Å². The van der Waals surface area contributed by atoms with Crippen LogP contribution in [0.5, 0.6) is 0 Å². The molecule has 6 heteroatoms. The molecule has 1 aliphatic heterocycles. The molecule has 3 rings (SSSR count). The van der Waals surface area contributed by atoms with Crippen LogP contribution >= 0.6 is 0 Å². The van der Waals surface area contributed by atoms with Gasteiger partial charge in [-0.05, 0) is 31.0 Å². The van der Waals surface area contributed by atoms with Crippen molar-refractivity contribution in [3.8, 4) is 11.3 Å². The fourth-order valence-corrected chi connectivity index (χ4v) is 2.45. The summed E-state index contributed by atoms with van der Waals surface area (Å²) in [4.78, 5) is 10.7. The van der Waals surface area contributed by atoms with Crippen LogP contribution in [-0.4, -0.2) is 29.1 Å². The predicted molar refractivity (Wildman–Crippen MR) is 76.8 cm³/mol. The van der Waals surface area contributed by atoms with Gasteiger partial charge in [0.1, 0.15) is 11.6 Å². The second-order valence-corrected chi connectivity index (χ2v) is 5.19. The number of anilines is 1. The van der Waals surface area contributed by atoms with E-state index < -0.39 is 11.6 Å². The number of rotatable bonds is 2. The molecule has 0 atom stereocenters. The van der Waals surface area contributed by atoms with E-state index in [1.807, 2.05) is 4.90 Å². The van der Waals surface area contributed by atoms with Crippen LogP contribution in [0.4, 0.5) is 14.7 Å². The molecule has 110 valence electrons. The molecule has 4 nitrogen and oxygen atoms in total. The molecule has 0 aliphatic carbocycles. The van der Waals surface area contributed by atoms with Crippen LogP contribution in [0, 0.1) is 11.6 Å². The maximum Gasteiger partial charge on any atom is 0.225 e. The third-order valence-corrected chi connectivity index (χ3v) is 3.67. The Hall–Kier alpha value is -2.08. The van der Waals surface area contributed by atoms with E-state index in [0.29, 0.717) is 11.6 Å². The molecular weight excluding hydrogens is 274 g/mol. The summed E-state index contributed by atoms with van der Waals surface area (Å²) >= 11 is 0. The minimum atomic E-state index is -0.625. The third-order valence-electron chi connectivity index (χ3n) is 3.67. The quantitative estimate of drug-likeness (QED) is 0.922. The first-order valence-electron chi connectivity index (χ1n) is 6.92. The summed E-state index contributed by atoms with van der Waals surface area (Å²) in [5, 5.41) is 0. The average Bonchev–Trinajstić information content (AvgIpc) is 2.48. The van der Waals surface area contributed by atoms with Crippen molar-refractivity contribution in [3.63, 3.8) is 0 Å². The van der Waals surface area contributed by atoms with Gasteiger partial charge in [0.2, 0.25) is 5.95 Å². The van der Waals surface area contributed by atoms with Crippen LogP contribution in [0.15, 0.2) is 30.5 Å². The molecule has 0 radical (unpaired) electrons. The molecule has 2 aromatic rings. The van der Waals surface area contributed by atoms with Crippen molar-refractivity contribution >= 4 is 5.95 Å². The highest BCUT2D eigenvalue weighted by Crippen LogP contribution is 2.23. The Morgan fingerprint density at radius 1 is 1.14 bits per heavy atom. The summed E-state index contributed by atoms with van der Waals surface area (Å²) in [6, 6.07) is 5.31. The number of piperidine rings is 1. The highest BCUT2D eigenvalue weighted by molar-refractivity contribution is 5.61. The van der Waals surface area contributed by atoms with E-state index in [9.17, 15) is 8.78 Å². The second-order valence-electron chi connectivity index (χ2n) is 5.19. The fourth-order valence-electron chi connectivity index (χ4n) is 2.45. The lowest BCUT2D eigenvalue weighted by Gasteiger charge is -2.30. The van der Waals surface area contributed by atoms with Gasteiger partial charge in [0, 0.05) is 37.0 Å². The third kappa shape index (κ3) is 3.00. The highest BCUT2D eigenvalue weighted by Gasteiger charge is 2.19. The summed E-state index contributed by atoms with van der Waals surface area (Å²) in [6.45, 7) is 1.58. The molecular formula is C15H16F2N4. The molecule has 2 N–H and O–H groups in total. The molecule has 1 aromatic carbocycles. The fraction of sp³-hybridized carbons (Fsp3) is 0.333. The van der Waals surface area contributed by atoms with Crippen LogP contribution < -0.4 is 10.6 Å². The summed E-state index contributed by atoms with van der Waals surface area (Å²) in [6.07, 6.45) is 3.37. The summed E-state index contributed by atoms with van der Waals surface area (Å²) in [5.74, 6) is -0.668. The van der Waals surface area contributed by atoms with E-state index in [1.54, 1.807) is 12.3 Å². The van der Waals surface area contributed by atoms with Gasteiger partial charge in [-0.3, -0.25) is 0 Å². The lowest BCUT2D eigenvalue weighted by molar-refractivity contribution is 0.495. The van der Waals surface area contributed by atoms with Gasteiger partial charge in [0.15, 0.2) is 0 Å². The Morgan fingerprint density at radius 3 is 2.62 bits per heavy atom. The number of benzene rings is 1. The number of hydrogen-bond acceptors (Lipinski definition) is 4. The topological polar surface area (TPSA) is 55.0 Å². The van der Waals surface area contributed by atoms with Crippen molar-refractivity contribution in [2.75, 3.05) is 18.0 Å². The van der Waals surface area contributed by atoms with E-state index in [-0.39, 0.29) is 11.6 Å². The van der Waals surface area contributed by atoms with Crippen molar-refractivity contribution < 1.29 is 8.78 Å². The number of nitrogens with two attached hydrogens (primary N) is 1. The molecule has 2 heterocycles. The molecule has 1 aliphatic rings. The smallest absolute Gasteiger partial charge is 0.225 e. The number of halogens is 2. The zero-order valence-electron chi connectivity index (χ0n) is 11.5. The van der Waals surface area contributed by atoms with Gasteiger partial charge >= 0.3 is 0 Å². The first-order valence-corrected chi connectivity index (χ1v) is 6.92. The van der Waals surface area contributed by atoms with Gasteiger partial charge in [-0.2, -0.15) is 0 Å². The van der Waals surface area contributed by atoms with Crippen molar-refractivity contribution in [3.05, 3.63) is 42.1 Å². The zero-order chi connectivity index (χ0) is 14.8. The maximum atomic E-state index is 13.8. The first kappa shape index (κ1) is 13.9. The second kappa shape index (κ2) is 5.73. The Morgan fingerprint density at radius 2 is 1.90 bits per heavy atom. The first-order chi connectivity index (χ1) is 10.1. The van der Waals surface area contributed by atoms with Crippen LogP contribution in [0.3, 0.4) is 0 Å². The molecule has 1 saturated heterocycles. The molecule has 1 fully saturated rings. The summed E-state index contributed by atoms with van der Waals surface area (Å²) < 4.78 is 26.8. The number of hydrogen-bond donors (Lipinski definition) is 1. The van der Waals surface area contributed by atoms with E-state index in [4.69, 9.17) is 5.73 Å². The number of aromatic nitrogens is 2. The van der Waals surface area contributed by atoms with Crippen LogP contribution in [0.25, 0.3) is 11.3 Å². The minimum absolute atomic E-state index is 0.221. The van der Waals surface area contributed by atoms with E-state index >= 15 is 0 Å². The summed E-state index contributed by atoms with van der Waals surface area (Å²) in [5.41, 5.74) is 6.60. The largest absolute Gasteiger partial charge is 0.341 e. The summed E-state index contributed by atoms with van der Waals surface area (Å²) in [7, 11) is 0. The van der Waals surface area contributed by atoms with Crippen molar-refractivity contribution in [1.29, 1.82) is 0 Å². The normalized spacial score (nSPS) is 16.2. The van der Waals surface area contributed by atoms with E-state index in [0.717, 1.165) is 32.0 Å². The molecule has 0 unspecified atom stereocenters.